The van der Waals surface area contributed by atoms with Gasteiger partial charge in [0.25, 0.3) is 5.91 Å². The first-order valence-electron chi connectivity index (χ1n) is 7.63. The smallest absolute Gasteiger partial charge is 0.289 e. The topological polar surface area (TPSA) is 55.6 Å². The second kappa shape index (κ2) is 5.83. The van der Waals surface area contributed by atoms with Crippen LogP contribution in [-0.2, 0) is 0 Å². The van der Waals surface area contributed by atoms with Crippen LogP contribution in [0.2, 0.25) is 5.02 Å². The molecule has 0 unspecified atom stereocenters. The van der Waals surface area contributed by atoms with Crippen molar-refractivity contribution in [3.05, 3.63) is 59.1 Å². The third kappa shape index (κ3) is 2.51. The monoisotopic (exact) mass is 342 g/mol. The van der Waals surface area contributed by atoms with Gasteiger partial charge in [-0.3, -0.25) is 9.78 Å². The van der Waals surface area contributed by atoms with Crippen LogP contribution < -0.4 is 4.74 Å². The Bertz CT molecular complexity index is 901. The van der Waals surface area contributed by atoms with E-state index in [0.717, 1.165) is 11.1 Å². The normalized spacial score (nSPS) is 14.7. The summed E-state index contributed by atoms with van der Waals surface area (Å²) in [5.41, 5.74) is 1.55. The average molecular weight is 343 g/mol. The summed E-state index contributed by atoms with van der Waals surface area (Å²) < 4.78 is 11.0. The molecule has 1 saturated heterocycles. The highest BCUT2D eigenvalue weighted by Crippen LogP contribution is 2.34. The molecular formula is C18H15ClN2O3. The number of carbonyl (C=O) groups is 1. The van der Waals surface area contributed by atoms with Crippen molar-refractivity contribution in [3.63, 3.8) is 0 Å². The molecule has 1 aromatic carbocycles. The molecule has 0 aliphatic carbocycles. The lowest BCUT2D eigenvalue weighted by Gasteiger charge is -2.38. The van der Waals surface area contributed by atoms with Crippen LogP contribution in [0.25, 0.3) is 11.0 Å². The van der Waals surface area contributed by atoms with Gasteiger partial charge in [-0.25, -0.2) is 0 Å². The summed E-state index contributed by atoms with van der Waals surface area (Å²) in [4.78, 5) is 18.7. The maximum atomic E-state index is 12.6. The molecule has 0 N–H and O–H groups in total. The lowest BCUT2D eigenvalue weighted by atomic mass is 9.95. The number of ether oxygens (including phenoxy) is 1. The molecule has 1 fully saturated rings. The van der Waals surface area contributed by atoms with Gasteiger partial charge in [0.2, 0.25) is 0 Å². The van der Waals surface area contributed by atoms with Crippen LogP contribution in [0.3, 0.4) is 0 Å². The van der Waals surface area contributed by atoms with Crippen LogP contribution in [0.15, 0.2) is 47.0 Å². The Morgan fingerprint density at radius 1 is 1.33 bits per heavy atom. The standard InChI is InChI=1S/C18H15ClN2O3/c1-23-15-8-13(19)6-11-7-16(24-17(11)15)18(22)21-9-12(10-21)14-4-2-3-5-20-14/h2-8,12H,9-10H2,1H3. The Balaban J connectivity index is 1.55. The summed E-state index contributed by atoms with van der Waals surface area (Å²) in [6.07, 6.45) is 1.77. The molecule has 0 radical (unpaired) electrons. The molecule has 122 valence electrons. The Morgan fingerprint density at radius 3 is 2.88 bits per heavy atom. The van der Waals surface area contributed by atoms with E-state index in [1.165, 1.54) is 0 Å². The van der Waals surface area contributed by atoms with Crippen molar-refractivity contribution < 1.29 is 13.9 Å². The minimum Gasteiger partial charge on any atom is -0.493 e. The highest BCUT2D eigenvalue weighted by Gasteiger charge is 2.34. The predicted octanol–water partition coefficient (Wildman–Crippen LogP) is 3.73. The van der Waals surface area contributed by atoms with Gasteiger partial charge in [-0.1, -0.05) is 17.7 Å². The van der Waals surface area contributed by atoms with E-state index in [4.69, 9.17) is 20.8 Å². The molecule has 2 aromatic heterocycles. The molecule has 1 aliphatic heterocycles. The molecule has 0 saturated carbocycles. The molecule has 5 nitrogen and oxygen atoms in total. The third-order valence-electron chi connectivity index (χ3n) is 4.25. The average Bonchev–Trinajstić information content (AvgIpc) is 2.97. The summed E-state index contributed by atoms with van der Waals surface area (Å²) >= 11 is 6.06. The van der Waals surface area contributed by atoms with E-state index in [-0.39, 0.29) is 11.8 Å². The number of halogens is 1. The molecule has 3 aromatic rings. The molecule has 1 aliphatic rings. The number of hydrogen-bond donors (Lipinski definition) is 0. The third-order valence-corrected chi connectivity index (χ3v) is 4.47. The van der Waals surface area contributed by atoms with E-state index in [2.05, 4.69) is 4.98 Å². The van der Waals surface area contributed by atoms with Gasteiger partial charge < -0.3 is 14.1 Å². The Labute approximate surface area is 143 Å². The van der Waals surface area contributed by atoms with Gasteiger partial charge in [0, 0.05) is 47.4 Å². The fourth-order valence-corrected chi connectivity index (χ4v) is 3.16. The fourth-order valence-electron chi connectivity index (χ4n) is 2.95. The first-order chi connectivity index (χ1) is 11.7. The number of aromatic nitrogens is 1. The molecule has 3 heterocycles. The second-order valence-electron chi connectivity index (χ2n) is 5.80. The molecule has 1 amide bonds. The van der Waals surface area contributed by atoms with Gasteiger partial charge in [-0.15, -0.1) is 0 Å². The first kappa shape index (κ1) is 15.0. The van der Waals surface area contributed by atoms with Gasteiger partial charge in [-0.2, -0.15) is 0 Å². The van der Waals surface area contributed by atoms with Crippen LogP contribution >= 0.6 is 11.6 Å². The van der Waals surface area contributed by atoms with Gasteiger partial charge in [0.15, 0.2) is 17.1 Å². The number of likely N-dealkylation sites (tertiary alicyclic amines) is 1. The SMILES string of the molecule is COc1cc(Cl)cc2cc(C(=O)N3CC(c4ccccn4)C3)oc12. The number of rotatable bonds is 3. The quantitative estimate of drug-likeness (QED) is 0.727. The molecule has 4 rings (SSSR count). The van der Waals surface area contributed by atoms with Crippen molar-refractivity contribution in [1.82, 2.24) is 9.88 Å². The van der Waals surface area contributed by atoms with Crippen molar-refractivity contribution in [2.45, 2.75) is 5.92 Å². The highest BCUT2D eigenvalue weighted by atomic mass is 35.5. The Morgan fingerprint density at radius 2 is 2.17 bits per heavy atom. The van der Waals surface area contributed by atoms with Crippen LogP contribution in [0.5, 0.6) is 5.75 Å². The predicted molar refractivity (Wildman–Crippen MR) is 90.7 cm³/mol. The minimum atomic E-state index is -0.128. The van der Waals surface area contributed by atoms with Crippen molar-refractivity contribution in [1.29, 1.82) is 0 Å². The van der Waals surface area contributed by atoms with Gasteiger partial charge in [0.1, 0.15) is 0 Å². The molecule has 24 heavy (non-hydrogen) atoms. The number of furan rings is 1. The number of benzene rings is 1. The van der Waals surface area contributed by atoms with Crippen molar-refractivity contribution >= 4 is 28.5 Å². The lowest BCUT2D eigenvalue weighted by Crippen LogP contribution is -2.48. The molecule has 0 bridgehead atoms. The summed E-state index contributed by atoms with van der Waals surface area (Å²) in [5.74, 6) is 0.969. The first-order valence-corrected chi connectivity index (χ1v) is 8.01. The number of carbonyl (C=O) groups excluding carboxylic acids is 1. The zero-order valence-electron chi connectivity index (χ0n) is 13.0. The molecule has 0 atom stereocenters. The van der Waals surface area contributed by atoms with Crippen LogP contribution in [0.4, 0.5) is 0 Å². The summed E-state index contributed by atoms with van der Waals surface area (Å²) in [6.45, 7) is 1.29. The van der Waals surface area contributed by atoms with Gasteiger partial charge in [-0.05, 0) is 24.3 Å². The minimum absolute atomic E-state index is 0.128. The number of pyridine rings is 1. The molecule has 6 heteroatoms. The summed E-state index contributed by atoms with van der Waals surface area (Å²) in [5, 5.41) is 1.29. The van der Waals surface area contributed by atoms with Crippen LogP contribution in [0, 0.1) is 0 Å². The van der Waals surface area contributed by atoms with E-state index in [1.807, 2.05) is 18.2 Å². The Hall–Kier alpha value is -2.53. The molecule has 0 spiro atoms. The fraction of sp³-hybridized carbons (Fsp3) is 0.222. The van der Waals surface area contributed by atoms with E-state index >= 15 is 0 Å². The second-order valence-corrected chi connectivity index (χ2v) is 6.24. The van der Waals surface area contributed by atoms with Gasteiger partial charge in [0.05, 0.1) is 7.11 Å². The van der Waals surface area contributed by atoms with E-state index in [1.54, 1.807) is 36.4 Å². The summed E-state index contributed by atoms with van der Waals surface area (Å²) in [7, 11) is 1.54. The number of fused-ring (bicyclic) bond motifs is 1. The van der Waals surface area contributed by atoms with E-state index in [0.29, 0.717) is 35.2 Å². The molecular weight excluding hydrogens is 328 g/mol. The number of methoxy groups -OCH3 is 1. The van der Waals surface area contributed by atoms with Crippen LogP contribution in [-0.4, -0.2) is 36.0 Å². The zero-order chi connectivity index (χ0) is 16.7. The number of nitrogens with zero attached hydrogens (tertiary/aromatic N) is 2. The van der Waals surface area contributed by atoms with Crippen molar-refractivity contribution in [2.75, 3.05) is 20.2 Å². The number of amides is 1. The maximum Gasteiger partial charge on any atom is 0.289 e. The highest BCUT2D eigenvalue weighted by molar-refractivity contribution is 6.31. The van der Waals surface area contributed by atoms with E-state index < -0.39 is 0 Å². The largest absolute Gasteiger partial charge is 0.493 e. The lowest BCUT2D eigenvalue weighted by molar-refractivity contribution is 0.0568. The van der Waals surface area contributed by atoms with Crippen molar-refractivity contribution in [3.8, 4) is 5.75 Å². The Kier molecular flexibility index (Phi) is 3.65. The van der Waals surface area contributed by atoms with E-state index in [9.17, 15) is 4.79 Å². The van der Waals surface area contributed by atoms with Crippen molar-refractivity contribution in [2.24, 2.45) is 0 Å². The summed E-state index contributed by atoms with van der Waals surface area (Å²) in [6, 6.07) is 11.0. The van der Waals surface area contributed by atoms with Crippen LogP contribution in [0.1, 0.15) is 22.2 Å². The number of hydrogen-bond acceptors (Lipinski definition) is 4. The zero-order valence-corrected chi connectivity index (χ0v) is 13.8. The maximum absolute atomic E-state index is 12.6. The van der Waals surface area contributed by atoms with Gasteiger partial charge >= 0.3 is 0 Å².